The zero-order valence-corrected chi connectivity index (χ0v) is 15.4. The number of rotatable bonds is 4. The van der Waals surface area contributed by atoms with Gasteiger partial charge in [0.2, 0.25) is 11.8 Å². The molecule has 0 spiro atoms. The summed E-state index contributed by atoms with van der Waals surface area (Å²) in [5, 5.41) is 8.79. The van der Waals surface area contributed by atoms with Crippen LogP contribution in [0.3, 0.4) is 0 Å². The van der Waals surface area contributed by atoms with Gasteiger partial charge in [0, 0.05) is 19.1 Å². The van der Waals surface area contributed by atoms with Gasteiger partial charge in [-0.2, -0.15) is 0 Å². The maximum Gasteiger partial charge on any atom is 0.233 e. The Morgan fingerprint density at radius 3 is 2.78 bits per heavy atom. The summed E-state index contributed by atoms with van der Waals surface area (Å²) < 4.78 is 11.6. The molecule has 1 atom stereocenters. The van der Waals surface area contributed by atoms with E-state index < -0.39 is 0 Å². The molecule has 0 amide bonds. The molecule has 27 heavy (non-hydrogen) atoms. The van der Waals surface area contributed by atoms with Crippen LogP contribution >= 0.6 is 0 Å². The van der Waals surface area contributed by atoms with Gasteiger partial charge in [-0.25, -0.2) is 4.98 Å². The summed E-state index contributed by atoms with van der Waals surface area (Å²) in [6.07, 6.45) is 5.37. The summed E-state index contributed by atoms with van der Waals surface area (Å²) in [5.74, 6) is 2.87. The third kappa shape index (κ3) is 3.49. The molecule has 0 saturated carbocycles. The highest BCUT2D eigenvalue weighted by atomic mass is 16.5. The predicted octanol–water partition coefficient (Wildman–Crippen LogP) is 3.57. The third-order valence-electron chi connectivity index (χ3n) is 5.72. The first kappa shape index (κ1) is 16.9. The molecule has 1 N–H and O–H groups in total. The number of likely N-dealkylation sites (tertiary alicyclic amines) is 1. The largest absolute Gasteiger partial charge is 0.423 e. The quantitative estimate of drug-likeness (QED) is 0.759. The third-order valence-corrected chi connectivity index (χ3v) is 5.72. The molecule has 0 aliphatic carbocycles. The van der Waals surface area contributed by atoms with Crippen LogP contribution in [0.4, 0.5) is 0 Å². The number of imidazole rings is 1. The number of ether oxygens (including phenoxy) is 1. The number of aromatic nitrogens is 4. The maximum absolute atomic E-state index is 6.14. The van der Waals surface area contributed by atoms with Crippen molar-refractivity contribution in [3.8, 4) is 0 Å². The van der Waals surface area contributed by atoms with E-state index in [9.17, 15) is 0 Å². The number of H-pyrrole nitrogens is 1. The Bertz CT molecular complexity index is 866. The summed E-state index contributed by atoms with van der Waals surface area (Å²) in [6, 6.07) is 8.34. The highest BCUT2D eigenvalue weighted by Gasteiger charge is 2.31. The SMILES string of the molecule is c1ccc2[nH]c(CN3CCCCC3c3nnc(C4CCOCC4)o3)nc2c1. The minimum absolute atomic E-state index is 0.174. The predicted molar refractivity (Wildman–Crippen MR) is 100 cm³/mol. The van der Waals surface area contributed by atoms with Crippen LogP contribution in [0.1, 0.15) is 61.7 Å². The van der Waals surface area contributed by atoms with Gasteiger partial charge in [-0.3, -0.25) is 4.90 Å². The van der Waals surface area contributed by atoms with Crippen molar-refractivity contribution in [1.82, 2.24) is 25.1 Å². The molecule has 7 heteroatoms. The molecule has 7 nitrogen and oxygen atoms in total. The summed E-state index contributed by atoms with van der Waals surface area (Å²) in [6.45, 7) is 3.36. The number of nitrogens with zero attached hydrogens (tertiary/aromatic N) is 4. The Hall–Kier alpha value is -2.25. The number of piperidine rings is 1. The average Bonchev–Trinajstić information content (AvgIpc) is 3.36. The number of hydrogen-bond donors (Lipinski definition) is 1. The minimum atomic E-state index is 0.174. The van der Waals surface area contributed by atoms with Crippen molar-refractivity contribution >= 4 is 11.0 Å². The van der Waals surface area contributed by atoms with Crippen LogP contribution in [-0.4, -0.2) is 44.8 Å². The van der Waals surface area contributed by atoms with Gasteiger partial charge in [0.25, 0.3) is 0 Å². The van der Waals surface area contributed by atoms with E-state index in [0.29, 0.717) is 5.92 Å². The fourth-order valence-electron chi connectivity index (χ4n) is 4.22. The number of aromatic amines is 1. The van der Waals surface area contributed by atoms with Crippen molar-refractivity contribution in [1.29, 1.82) is 0 Å². The molecule has 142 valence electrons. The van der Waals surface area contributed by atoms with E-state index in [0.717, 1.165) is 74.2 Å². The van der Waals surface area contributed by atoms with Crippen LogP contribution in [0.2, 0.25) is 0 Å². The van der Waals surface area contributed by atoms with Gasteiger partial charge in [-0.1, -0.05) is 18.6 Å². The van der Waals surface area contributed by atoms with E-state index in [1.165, 1.54) is 12.8 Å². The van der Waals surface area contributed by atoms with E-state index in [1.54, 1.807) is 0 Å². The number of hydrogen-bond acceptors (Lipinski definition) is 6. The van der Waals surface area contributed by atoms with Gasteiger partial charge >= 0.3 is 0 Å². The van der Waals surface area contributed by atoms with Gasteiger partial charge in [0.1, 0.15) is 5.82 Å². The molecule has 0 radical (unpaired) electrons. The first-order chi connectivity index (χ1) is 13.4. The van der Waals surface area contributed by atoms with Gasteiger partial charge in [-0.15, -0.1) is 10.2 Å². The molecule has 0 bridgehead atoms. The highest BCUT2D eigenvalue weighted by Crippen LogP contribution is 2.33. The van der Waals surface area contributed by atoms with Crippen molar-refractivity contribution < 1.29 is 9.15 Å². The summed E-state index contributed by atoms with van der Waals surface area (Å²) in [5.41, 5.74) is 2.10. The zero-order chi connectivity index (χ0) is 18.1. The lowest BCUT2D eigenvalue weighted by molar-refractivity contribution is 0.0766. The molecule has 1 unspecified atom stereocenters. The summed E-state index contributed by atoms with van der Waals surface area (Å²) in [7, 11) is 0. The molecule has 2 aliphatic rings. The molecule has 5 rings (SSSR count). The van der Waals surface area contributed by atoms with Crippen molar-refractivity contribution in [2.24, 2.45) is 0 Å². The topological polar surface area (TPSA) is 80.1 Å². The van der Waals surface area contributed by atoms with Gasteiger partial charge < -0.3 is 14.1 Å². The lowest BCUT2D eigenvalue weighted by Crippen LogP contribution is -2.33. The van der Waals surface area contributed by atoms with Gasteiger partial charge in [0.15, 0.2) is 0 Å². The Morgan fingerprint density at radius 2 is 1.89 bits per heavy atom. The molecular formula is C20H25N5O2. The van der Waals surface area contributed by atoms with Crippen LogP contribution in [0, 0.1) is 0 Å². The van der Waals surface area contributed by atoms with E-state index >= 15 is 0 Å². The van der Waals surface area contributed by atoms with Crippen LogP contribution in [0.25, 0.3) is 11.0 Å². The zero-order valence-electron chi connectivity index (χ0n) is 15.4. The molecular weight excluding hydrogens is 342 g/mol. The molecule has 3 aromatic rings. The summed E-state index contributed by atoms with van der Waals surface area (Å²) >= 11 is 0. The van der Waals surface area contributed by atoms with E-state index in [2.05, 4.69) is 26.1 Å². The van der Waals surface area contributed by atoms with Gasteiger partial charge in [-0.05, 0) is 44.4 Å². The Morgan fingerprint density at radius 1 is 1.04 bits per heavy atom. The van der Waals surface area contributed by atoms with E-state index in [4.69, 9.17) is 14.1 Å². The van der Waals surface area contributed by atoms with Crippen molar-refractivity contribution in [2.75, 3.05) is 19.8 Å². The fraction of sp³-hybridized carbons (Fsp3) is 0.550. The monoisotopic (exact) mass is 367 g/mol. The van der Waals surface area contributed by atoms with Crippen LogP contribution in [0.5, 0.6) is 0 Å². The van der Waals surface area contributed by atoms with Crippen LogP contribution in [0.15, 0.2) is 28.7 Å². The second-order valence-corrected chi connectivity index (χ2v) is 7.55. The smallest absolute Gasteiger partial charge is 0.233 e. The summed E-state index contributed by atoms with van der Waals surface area (Å²) in [4.78, 5) is 10.6. The van der Waals surface area contributed by atoms with Crippen molar-refractivity contribution in [3.05, 3.63) is 41.9 Å². The first-order valence-corrected chi connectivity index (χ1v) is 9.95. The van der Waals surface area contributed by atoms with Crippen molar-refractivity contribution in [3.63, 3.8) is 0 Å². The normalized spacial score (nSPS) is 22.4. The maximum atomic E-state index is 6.14. The molecule has 2 aliphatic heterocycles. The highest BCUT2D eigenvalue weighted by molar-refractivity contribution is 5.74. The standard InChI is InChI=1S/C20H25N5O2/c1-2-6-16-15(5-1)21-18(22-16)13-25-10-4-3-7-17(25)20-24-23-19(27-20)14-8-11-26-12-9-14/h1-2,5-6,14,17H,3-4,7-13H2,(H,21,22). The average molecular weight is 367 g/mol. The Labute approximate surface area is 158 Å². The number of para-hydroxylation sites is 2. The second kappa shape index (κ2) is 7.40. The minimum Gasteiger partial charge on any atom is -0.423 e. The number of fused-ring (bicyclic) bond motifs is 1. The lowest BCUT2D eigenvalue weighted by atomic mass is 10.0. The molecule has 2 fully saturated rings. The molecule has 2 saturated heterocycles. The molecule has 1 aromatic carbocycles. The lowest BCUT2D eigenvalue weighted by Gasteiger charge is -2.32. The molecule has 2 aromatic heterocycles. The fourth-order valence-corrected chi connectivity index (χ4v) is 4.22. The second-order valence-electron chi connectivity index (χ2n) is 7.55. The van der Waals surface area contributed by atoms with E-state index in [-0.39, 0.29) is 6.04 Å². The Kier molecular flexibility index (Phi) is 4.63. The number of benzene rings is 1. The molecule has 4 heterocycles. The van der Waals surface area contributed by atoms with Crippen LogP contribution in [-0.2, 0) is 11.3 Å². The Balaban J connectivity index is 1.35. The van der Waals surface area contributed by atoms with Crippen molar-refractivity contribution in [2.45, 2.75) is 50.6 Å². The number of nitrogens with one attached hydrogen (secondary N) is 1. The first-order valence-electron chi connectivity index (χ1n) is 9.95. The van der Waals surface area contributed by atoms with Gasteiger partial charge in [0.05, 0.1) is 23.6 Å². The van der Waals surface area contributed by atoms with E-state index in [1.807, 2.05) is 18.2 Å². The van der Waals surface area contributed by atoms with Crippen LogP contribution < -0.4 is 0 Å².